The van der Waals surface area contributed by atoms with Gasteiger partial charge in [-0.15, -0.1) is 0 Å². The van der Waals surface area contributed by atoms with Crippen molar-refractivity contribution in [3.05, 3.63) is 61.7 Å². The van der Waals surface area contributed by atoms with Crippen LogP contribution in [0, 0.1) is 18.7 Å². The van der Waals surface area contributed by atoms with Crippen LogP contribution in [0.1, 0.15) is 92.8 Å². The minimum absolute atomic E-state index is 0.0173. The number of benzene rings is 1. The number of pyridine rings is 2. The molecular formula is C35H39FN4O7. The van der Waals surface area contributed by atoms with Gasteiger partial charge in [-0.1, -0.05) is 6.92 Å². The van der Waals surface area contributed by atoms with Gasteiger partial charge in [-0.05, 0) is 82.1 Å². The number of ether oxygens (including phenoxy) is 2. The third-order valence-corrected chi connectivity index (χ3v) is 10.1. The van der Waals surface area contributed by atoms with Crippen LogP contribution < -0.4 is 10.9 Å². The Kier molecular flexibility index (Phi) is 7.23. The molecule has 11 nitrogen and oxygen atoms in total. The largest absolute Gasteiger partial charge is 0.458 e. The molecule has 4 aliphatic rings. The predicted octanol–water partition coefficient (Wildman–Crippen LogP) is 4.28. The van der Waals surface area contributed by atoms with Crippen molar-refractivity contribution in [1.82, 2.24) is 19.8 Å². The fourth-order valence-electron chi connectivity index (χ4n) is 7.71. The molecule has 2 N–H and O–H groups in total. The summed E-state index contributed by atoms with van der Waals surface area (Å²) in [5, 5.41) is 15.3. The lowest BCUT2D eigenvalue weighted by atomic mass is 9.81. The molecule has 12 heteroatoms. The second-order valence-electron chi connectivity index (χ2n) is 14.3. The van der Waals surface area contributed by atoms with Crippen molar-refractivity contribution in [2.24, 2.45) is 5.92 Å². The molecule has 1 fully saturated rings. The average Bonchev–Trinajstić information content (AvgIpc) is 3.63. The molecule has 0 unspecified atom stereocenters. The fourth-order valence-corrected chi connectivity index (χ4v) is 7.71. The third-order valence-electron chi connectivity index (χ3n) is 10.1. The van der Waals surface area contributed by atoms with E-state index in [-0.39, 0.29) is 66.4 Å². The van der Waals surface area contributed by atoms with Crippen LogP contribution in [0.2, 0.25) is 0 Å². The predicted molar refractivity (Wildman–Crippen MR) is 169 cm³/mol. The second-order valence-corrected chi connectivity index (χ2v) is 14.3. The molecule has 47 heavy (non-hydrogen) atoms. The number of esters is 1. The van der Waals surface area contributed by atoms with E-state index >= 15 is 4.39 Å². The molecule has 3 aliphatic heterocycles. The quantitative estimate of drug-likeness (QED) is 0.313. The molecule has 2 aromatic heterocycles. The zero-order chi connectivity index (χ0) is 33.6. The lowest BCUT2D eigenvalue weighted by Gasteiger charge is -2.31. The van der Waals surface area contributed by atoms with Gasteiger partial charge in [0.25, 0.3) is 5.56 Å². The number of carbonyl (C=O) groups excluding carboxylic acids is 3. The van der Waals surface area contributed by atoms with Crippen LogP contribution in [0.25, 0.3) is 22.3 Å². The Morgan fingerprint density at radius 3 is 2.68 bits per heavy atom. The van der Waals surface area contributed by atoms with Gasteiger partial charge >= 0.3 is 12.1 Å². The molecule has 0 radical (unpaired) electrons. The van der Waals surface area contributed by atoms with Crippen molar-refractivity contribution in [3.8, 4) is 11.4 Å². The van der Waals surface area contributed by atoms with E-state index in [2.05, 4.69) is 5.32 Å². The van der Waals surface area contributed by atoms with E-state index in [4.69, 9.17) is 14.5 Å². The number of rotatable bonds is 4. The normalized spacial score (nSPS) is 22.9. The van der Waals surface area contributed by atoms with Gasteiger partial charge in [-0.2, -0.15) is 0 Å². The minimum atomic E-state index is -1.97. The van der Waals surface area contributed by atoms with Crippen molar-refractivity contribution < 1.29 is 33.4 Å². The Bertz CT molecular complexity index is 1950. The Labute approximate surface area is 271 Å². The van der Waals surface area contributed by atoms with Gasteiger partial charge in [0, 0.05) is 42.1 Å². The van der Waals surface area contributed by atoms with Crippen LogP contribution in [0.15, 0.2) is 16.9 Å². The Balaban J connectivity index is 1.25. The van der Waals surface area contributed by atoms with Gasteiger partial charge < -0.3 is 29.4 Å². The lowest BCUT2D eigenvalue weighted by molar-refractivity contribution is -0.172. The molecule has 2 amide bonds. The van der Waals surface area contributed by atoms with Gasteiger partial charge in [0.1, 0.15) is 18.0 Å². The molecule has 5 heterocycles. The first-order valence-electron chi connectivity index (χ1n) is 16.3. The number of aryl methyl sites for hydroxylation is 1. The van der Waals surface area contributed by atoms with E-state index in [0.29, 0.717) is 54.8 Å². The second kappa shape index (κ2) is 10.9. The molecule has 1 aliphatic carbocycles. The average molecular weight is 647 g/mol. The van der Waals surface area contributed by atoms with E-state index in [1.54, 1.807) is 29.4 Å². The first-order valence-corrected chi connectivity index (χ1v) is 16.3. The number of amides is 2. The van der Waals surface area contributed by atoms with Crippen molar-refractivity contribution in [1.29, 1.82) is 0 Å². The molecule has 1 saturated heterocycles. The molecule has 3 atom stereocenters. The molecule has 3 aromatic rings. The zero-order valence-corrected chi connectivity index (χ0v) is 27.3. The van der Waals surface area contributed by atoms with Crippen LogP contribution >= 0.6 is 0 Å². The summed E-state index contributed by atoms with van der Waals surface area (Å²) in [5.74, 6) is -1.36. The molecule has 0 bridgehead atoms. The lowest BCUT2D eigenvalue weighted by Crippen LogP contribution is -2.44. The van der Waals surface area contributed by atoms with Crippen LogP contribution in [0.4, 0.5) is 9.18 Å². The van der Waals surface area contributed by atoms with Gasteiger partial charge in [-0.3, -0.25) is 9.59 Å². The number of carbonyl (C=O) groups is 3. The van der Waals surface area contributed by atoms with Crippen LogP contribution in [-0.4, -0.2) is 56.2 Å². The Morgan fingerprint density at radius 1 is 1.19 bits per heavy atom. The maximum atomic E-state index is 15.2. The summed E-state index contributed by atoms with van der Waals surface area (Å²) in [6, 6.07) is 2.61. The number of aromatic nitrogens is 2. The number of cyclic esters (lactones) is 1. The van der Waals surface area contributed by atoms with E-state index in [1.165, 1.54) is 6.07 Å². The zero-order valence-electron chi connectivity index (χ0n) is 27.3. The van der Waals surface area contributed by atoms with Crippen molar-refractivity contribution in [2.45, 2.75) is 97.1 Å². The first-order chi connectivity index (χ1) is 22.2. The van der Waals surface area contributed by atoms with Gasteiger partial charge in [-0.25, -0.2) is 19.0 Å². The highest BCUT2D eigenvalue weighted by atomic mass is 19.1. The third kappa shape index (κ3) is 4.99. The molecule has 248 valence electrons. The number of hydrogen-bond acceptors (Lipinski definition) is 8. The molecule has 1 aromatic carbocycles. The molecule has 7 rings (SSSR count). The summed E-state index contributed by atoms with van der Waals surface area (Å²) in [5.41, 5.74) is 1.69. The Hall–Kier alpha value is -4.32. The number of likely N-dealkylation sites (tertiary alicyclic amines) is 1. The van der Waals surface area contributed by atoms with Crippen molar-refractivity contribution >= 4 is 28.9 Å². The number of hydrogen-bond donors (Lipinski definition) is 2. The standard InChI is InChI=1S/C35H39FN4O7/c1-6-35(45)22-12-26-30-20(15-40(26)31(42)21(22)16-46-32(35)43)29-24(8-7-19-17(2)23(36)13-25(38-30)28(19)29)37-27(41)11-18-9-10-39(14-18)33(44)47-34(3,4)5/h12-13,18,24,45H,6-11,14-16H2,1-5H3,(H,37,41)/t18-,24-,35-/m0/s1. The van der Waals surface area contributed by atoms with E-state index in [0.717, 1.165) is 22.1 Å². The highest BCUT2D eigenvalue weighted by molar-refractivity contribution is 5.94. The van der Waals surface area contributed by atoms with Crippen molar-refractivity contribution in [2.75, 3.05) is 13.1 Å². The fraction of sp³-hybridized carbons (Fsp3) is 0.514. The van der Waals surface area contributed by atoms with Gasteiger partial charge in [0.05, 0.1) is 35.1 Å². The SMILES string of the molecule is CC[C@@]1(O)C(=O)OCc2c1cc1n(c2=O)Cc2c-1nc1cc(F)c(C)c3c1c2[C@@H](NC(=O)C[C@@H]1CCN(C(=O)OC(C)(C)C)C1)CC3. The maximum Gasteiger partial charge on any atom is 0.410 e. The summed E-state index contributed by atoms with van der Waals surface area (Å²) in [4.78, 5) is 59.1. The number of fused-ring (bicyclic) bond motifs is 5. The monoisotopic (exact) mass is 646 g/mol. The number of nitrogens with zero attached hydrogens (tertiary/aromatic N) is 3. The minimum Gasteiger partial charge on any atom is -0.458 e. The molecule has 0 spiro atoms. The Morgan fingerprint density at radius 2 is 1.96 bits per heavy atom. The highest BCUT2D eigenvalue weighted by Crippen LogP contribution is 2.46. The smallest absolute Gasteiger partial charge is 0.410 e. The highest BCUT2D eigenvalue weighted by Gasteiger charge is 2.46. The van der Waals surface area contributed by atoms with Crippen LogP contribution in [-0.2, 0) is 44.2 Å². The summed E-state index contributed by atoms with van der Waals surface area (Å²) in [6.07, 6.45) is 1.63. The summed E-state index contributed by atoms with van der Waals surface area (Å²) in [6.45, 7) is 9.73. The number of nitrogens with one attached hydrogen (secondary N) is 1. The van der Waals surface area contributed by atoms with Crippen LogP contribution in [0.5, 0.6) is 0 Å². The van der Waals surface area contributed by atoms with Crippen LogP contribution in [0.3, 0.4) is 0 Å². The van der Waals surface area contributed by atoms with E-state index < -0.39 is 23.2 Å². The number of aliphatic hydroxyl groups is 1. The molecular weight excluding hydrogens is 607 g/mol. The summed E-state index contributed by atoms with van der Waals surface area (Å²) in [7, 11) is 0. The van der Waals surface area contributed by atoms with Gasteiger partial charge in [0.15, 0.2) is 5.60 Å². The molecule has 0 saturated carbocycles. The van der Waals surface area contributed by atoms with Crippen molar-refractivity contribution in [3.63, 3.8) is 0 Å². The first kappa shape index (κ1) is 31.3. The topological polar surface area (TPSA) is 140 Å². The van der Waals surface area contributed by atoms with E-state index in [1.807, 2.05) is 20.8 Å². The summed E-state index contributed by atoms with van der Waals surface area (Å²) < 4.78 is 27.5. The van der Waals surface area contributed by atoms with Gasteiger partial charge in [0.2, 0.25) is 5.91 Å². The van der Waals surface area contributed by atoms with E-state index in [9.17, 15) is 24.3 Å². The summed E-state index contributed by atoms with van der Waals surface area (Å²) >= 11 is 0. The maximum absolute atomic E-state index is 15.2. The number of halogens is 1.